The number of likely N-dealkylation sites (N-methyl/N-ethyl adjacent to an activating group) is 1. The van der Waals surface area contributed by atoms with E-state index >= 15 is 0 Å². The number of hydrogen-bond donors (Lipinski definition) is 0. The molecule has 1 aromatic carbocycles. The number of halogens is 3. The minimum atomic E-state index is -0.152. The van der Waals surface area contributed by atoms with Crippen molar-refractivity contribution >= 4 is 40.7 Å². The Labute approximate surface area is 121 Å². The SMILES string of the molecule is CN1CCN(C(=O)c2c(Cl)ccc(Cl)c2Cl)CC1. The van der Waals surface area contributed by atoms with E-state index in [1.807, 2.05) is 7.05 Å². The molecule has 98 valence electrons. The van der Waals surface area contributed by atoms with E-state index in [1.54, 1.807) is 17.0 Å². The number of hydrogen-bond acceptors (Lipinski definition) is 2. The molecule has 1 aliphatic heterocycles. The average molecular weight is 308 g/mol. The van der Waals surface area contributed by atoms with Crippen LogP contribution in [0.2, 0.25) is 15.1 Å². The first kappa shape index (κ1) is 13.9. The van der Waals surface area contributed by atoms with E-state index in [4.69, 9.17) is 34.8 Å². The lowest BCUT2D eigenvalue weighted by atomic mass is 10.1. The molecular weight excluding hydrogens is 295 g/mol. The summed E-state index contributed by atoms with van der Waals surface area (Å²) >= 11 is 18.0. The second-order valence-electron chi connectivity index (χ2n) is 4.31. The van der Waals surface area contributed by atoms with Gasteiger partial charge in [0, 0.05) is 26.2 Å². The molecule has 0 spiro atoms. The molecule has 0 bridgehead atoms. The highest BCUT2D eigenvalue weighted by molar-refractivity contribution is 6.46. The second-order valence-corrected chi connectivity index (χ2v) is 5.51. The highest BCUT2D eigenvalue weighted by Gasteiger charge is 2.25. The van der Waals surface area contributed by atoms with Crippen LogP contribution >= 0.6 is 34.8 Å². The van der Waals surface area contributed by atoms with Crippen molar-refractivity contribution in [2.24, 2.45) is 0 Å². The van der Waals surface area contributed by atoms with E-state index in [2.05, 4.69) is 4.90 Å². The van der Waals surface area contributed by atoms with Gasteiger partial charge in [-0.25, -0.2) is 0 Å². The van der Waals surface area contributed by atoms with Crippen molar-refractivity contribution in [3.63, 3.8) is 0 Å². The number of nitrogens with zero attached hydrogens (tertiary/aromatic N) is 2. The zero-order valence-electron chi connectivity index (χ0n) is 9.92. The van der Waals surface area contributed by atoms with Crippen LogP contribution in [-0.2, 0) is 0 Å². The zero-order valence-corrected chi connectivity index (χ0v) is 12.2. The number of benzene rings is 1. The summed E-state index contributed by atoms with van der Waals surface area (Å²) < 4.78 is 0. The van der Waals surface area contributed by atoms with Crippen LogP contribution in [0.5, 0.6) is 0 Å². The van der Waals surface area contributed by atoms with Crippen LogP contribution in [0.25, 0.3) is 0 Å². The van der Waals surface area contributed by atoms with Crippen molar-refractivity contribution in [1.29, 1.82) is 0 Å². The van der Waals surface area contributed by atoms with Gasteiger partial charge in [0.25, 0.3) is 5.91 Å². The minimum Gasteiger partial charge on any atom is -0.336 e. The summed E-state index contributed by atoms with van der Waals surface area (Å²) in [4.78, 5) is 16.3. The lowest BCUT2D eigenvalue weighted by Gasteiger charge is -2.32. The first-order valence-corrected chi connectivity index (χ1v) is 6.75. The van der Waals surface area contributed by atoms with Crippen molar-refractivity contribution in [3.8, 4) is 0 Å². The van der Waals surface area contributed by atoms with Crippen LogP contribution in [0.15, 0.2) is 12.1 Å². The number of carbonyl (C=O) groups excluding carboxylic acids is 1. The Kier molecular flexibility index (Phi) is 4.38. The fraction of sp³-hybridized carbons (Fsp3) is 0.417. The van der Waals surface area contributed by atoms with Crippen LogP contribution in [0.4, 0.5) is 0 Å². The maximum atomic E-state index is 12.4. The molecule has 1 heterocycles. The fourth-order valence-corrected chi connectivity index (χ4v) is 2.58. The molecule has 1 fully saturated rings. The van der Waals surface area contributed by atoms with Gasteiger partial charge in [-0.2, -0.15) is 0 Å². The summed E-state index contributed by atoms with van der Waals surface area (Å²) in [7, 11) is 2.03. The number of rotatable bonds is 1. The van der Waals surface area contributed by atoms with E-state index in [1.165, 1.54) is 0 Å². The van der Waals surface area contributed by atoms with Crippen LogP contribution in [-0.4, -0.2) is 48.9 Å². The lowest BCUT2D eigenvalue weighted by molar-refractivity contribution is 0.0664. The molecule has 1 aliphatic rings. The molecule has 0 N–H and O–H groups in total. The molecule has 3 nitrogen and oxygen atoms in total. The highest BCUT2D eigenvalue weighted by Crippen LogP contribution is 2.32. The quantitative estimate of drug-likeness (QED) is 0.745. The predicted molar refractivity (Wildman–Crippen MR) is 74.9 cm³/mol. The molecule has 0 unspecified atom stereocenters. The standard InChI is InChI=1S/C12H13Cl3N2O/c1-16-4-6-17(7-5-16)12(18)10-8(13)2-3-9(14)11(10)15/h2-3H,4-7H2,1H3. The number of piperazine rings is 1. The largest absolute Gasteiger partial charge is 0.336 e. The fourth-order valence-electron chi connectivity index (χ4n) is 1.89. The van der Waals surface area contributed by atoms with Gasteiger partial charge in [0.15, 0.2) is 0 Å². The van der Waals surface area contributed by atoms with Gasteiger partial charge in [0.1, 0.15) is 0 Å². The molecule has 6 heteroatoms. The van der Waals surface area contributed by atoms with Crippen molar-refractivity contribution in [3.05, 3.63) is 32.8 Å². The molecule has 0 radical (unpaired) electrons. The third-order valence-corrected chi connectivity index (χ3v) is 4.17. The van der Waals surface area contributed by atoms with Gasteiger partial charge < -0.3 is 9.80 Å². The smallest absolute Gasteiger partial charge is 0.257 e. The third-order valence-electron chi connectivity index (χ3n) is 3.05. The summed E-state index contributed by atoms with van der Waals surface area (Å²) in [6.45, 7) is 3.05. The van der Waals surface area contributed by atoms with Gasteiger partial charge in [0.05, 0.1) is 20.6 Å². The Balaban J connectivity index is 2.26. The summed E-state index contributed by atoms with van der Waals surface area (Å²) in [5, 5.41) is 0.917. The Morgan fingerprint density at radius 1 is 1.06 bits per heavy atom. The predicted octanol–water partition coefficient (Wildman–Crippen LogP) is 3.03. The van der Waals surface area contributed by atoms with Crippen LogP contribution in [0.3, 0.4) is 0 Å². The van der Waals surface area contributed by atoms with E-state index in [-0.39, 0.29) is 10.9 Å². The van der Waals surface area contributed by atoms with Crippen molar-refractivity contribution < 1.29 is 4.79 Å². The van der Waals surface area contributed by atoms with Gasteiger partial charge in [-0.3, -0.25) is 4.79 Å². The van der Waals surface area contributed by atoms with Crippen LogP contribution < -0.4 is 0 Å². The van der Waals surface area contributed by atoms with Crippen LogP contribution in [0, 0.1) is 0 Å². The third kappa shape index (κ3) is 2.75. The first-order valence-electron chi connectivity index (χ1n) is 5.62. The summed E-state index contributed by atoms with van der Waals surface area (Å²) in [6, 6.07) is 3.19. The Hall–Kier alpha value is -0.480. The monoisotopic (exact) mass is 306 g/mol. The molecule has 0 saturated carbocycles. The minimum absolute atomic E-state index is 0.152. The molecule has 18 heavy (non-hydrogen) atoms. The summed E-state index contributed by atoms with van der Waals surface area (Å²) in [5.74, 6) is -0.152. The normalized spacial score (nSPS) is 17.0. The van der Waals surface area contributed by atoms with E-state index in [0.717, 1.165) is 13.1 Å². The van der Waals surface area contributed by atoms with E-state index in [0.29, 0.717) is 28.7 Å². The molecule has 1 aromatic rings. The summed E-state index contributed by atoms with van der Waals surface area (Å²) in [6.07, 6.45) is 0. The molecule has 1 amide bonds. The second kappa shape index (κ2) is 5.66. The number of carbonyl (C=O) groups is 1. The lowest BCUT2D eigenvalue weighted by Crippen LogP contribution is -2.47. The molecule has 0 aromatic heterocycles. The Bertz CT molecular complexity index is 471. The van der Waals surface area contributed by atoms with Gasteiger partial charge in [0.2, 0.25) is 0 Å². The average Bonchev–Trinajstić information content (AvgIpc) is 2.35. The summed E-state index contributed by atoms with van der Waals surface area (Å²) in [5.41, 5.74) is 0.301. The molecule has 0 aliphatic carbocycles. The van der Waals surface area contributed by atoms with Gasteiger partial charge in [-0.15, -0.1) is 0 Å². The van der Waals surface area contributed by atoms with Gasteiger partial charge in [-0.05, 0) is 19.2 Å². The Morgan fingerprint density at radius 2 is 1.61 bits per heavy atom. The number of amides is 1. The van der Waals surface area contributed by atoms with Gasteiger partial charge in [-0.1, -0.05) is 34.8 Å². The molecular formula is C12H13Cl3N2O. The highest BCUT2D eigenvalue weighted by atomic mass is 35.5. The maximum absolute atomic E-state index is 12.4. The van der Waals surface area contributed by atoms with Crippen LogP contribution in [0.1, 0.15) is 10.4 Å². The van der Waals surface area contributed by atoms with E-state index in [9.17, 15) is 4.79 Å². The molecule has 1 saturated heterocycles. The van der Waals surface area contributed by atoms with E-state index < -0.39 is 0 Å². The molecule has 0 atom stereocenters. The maximum Gasteiger partial charge on any atom is 0.257 e. The van der Waals surface area contributed by atoms with Crippen molar-refractivity contribution in [2.75, 3.05) is 33.2 Å². The topological polar surface area (TPSA) is 23.6 Å². The zero-order chi connectivity index (χ0) is 13.3. The Morgan fingerprint density at radius 3 is 2.22 bits per heavy atom. The van der Waals surface area contributed by atoms with Gasteiger partial charge >= 0.3 is 0 Å². The molecule has 2 rings (SSSR count). The van der Waals surface area contributed by atoms with Crippen molar-refractivity contribution in [1.82, 2.24) is 9.80 Å². The van der Waals surface area contributed by atoms with Crippen molar-refractivity contribution in [2.45, 2.75) is 0 Å². The first-order chi connectivity index (χ1) is 8.50.